The van der Waals surface area contributed by atoms with Crippen molar-refractivity contribution in [3.63, 3.8) is 0 Å². The van der Waals surface area contributed by atoms with Crippen LogP contribution in [0.4, 0.5) is 15.9 Å². The SMILES string of the molecule is CN(Cc1ccc(Cl)c(F)c1)c1nccc(C#N)c1[N+](=O)[O-]. The second kappa shape index (κ2) is 6.37. The molecule has 0 amide bonds. The lowest BCUT2D eigenvalue weighted by molar-refractivity contribution is -0.384. The summed E-state index contributed by atoms with van der Waals surface area (Å²) in [7, 11) is 1.57. The van der Waals surface area contributed by atoms with Gasteiger partial charge in [0.1, 0.15) is 17.4 Å². The Bertz CT molecular complexity index is 776. The van der Waals surface area contributed by atoms with Gasteiger partial charge in [0.15, 0.2) is 0 Å². The summed E-state index contributed by atoms with van der Waals surface area (Å²) in [5, 5.41) is 20.1. The highest BCUT2D eigenvalue weighted by Crippen LogP contribution is 2.29. The first kappa shape index (κ1) is 15.7. The third kappa shape index (κ3) is 3.13. The highest BCUT2D eigenvalue weighted by Gasteiger charge is 2.24. The molecule has 1 heterocycles. The maximum absolute atomic E-state index is 13.4. The Hall–Kier alpha value is -2.72. The molecule has 0 fully saturated rings. The maximum Gasteiger partial charge on any atom is 0.329 e. The molecule has 8 heteroatoms. The molecule has 1 aromatic carbocycles. The van der Waals surface area contributed by atoms with E-state index in [1.807, 2.05) is 0 Å². The molecule has 112 valence electrons. The van der Waals surface area contributed by atoms with Crippen molar-refractivity contribution in [2.75, 3.05) is 11.9 Å². The van der Waals surface area contributed by atoms with Gasteiger partial charge in [-0.15, -0.1) is 0 Å². The van der Waals surface area contributed by atoms with E-state index in [1.54, 1.807) is 19.2 Å². The lowest BCUT2D eigenvalue weighted by Gasteiger charge is -2.18. The minimum Gasteiger partial charge on any atom is -0.350 e. The van der Waals surface area contributed by atoms with Crippen LogP contribution in [0.15, 0.2) is 30.5 Å². The number of pyridine rings is 1. The van der Waals surface area contributed by atoms with E-state index in [0.29, 0.717) is 5.56 Å². The van der Waals surface area contributed by atoms with Crippen LogP contribution >= 0.6 is 11.6 Å². The molecule has 22 heavy (non-hydrogen) atoms. The first-order valence-electron chi connectivity index (χ1n) is 6.12. The van der Waals surface area contributed by atoms with E-state index >= 15 is 0 Å². The summed E-state index contributed by atoms with van der Waals surface area (Å²) >= 11 is 5.61. The summed E-state index contributed by atoms with van der Waals surface area (Å²) in [6.07, 6.45) is 1.32. The number of rotatable bonds is 4. The van der Waals surface area contributed by atoms with Crippen molar-refractivity contribution >= 4 is 23.1 Å². The first-order chi connectivity index (χ1) is 10.4. The molecule has 2 rings (SSSR count). The van der Waals surface area contributed by atoms with Gasteiger partial charge < -0.3 is 4.90 Å². The number of nitrogens with zero attached hydrogens (tertiary/aromatic N) is 4. The van der Waals surface area contributed by atoms with Crippen LogP contribution in [-0.4, -0.2) is 17.0 Å². The van der Waals surface area contributed by atoms with E-state index in [2.05, 4.69) is 4.98 Å². The monoisotopic (exact) mass is 320 g/mol. The standard InChI is InChI=1S/C14H10ClFN4O2/c1-19(8-9-2-3-11(15)12(16)6-9)14-13(20(21)22)10(7-17)4-5-18-14/h2-6H,8H2,1H3. The Morgan fingerprint density at radius 3 is 2.82 bits per heavy atom. The Morgan fingerprint density at radius 2 is 2.23 bits per heavy atom. The minimum atomic E-state index is -0.653. The van der Waals surface area contributed by atoms with Crippen LogP contribution in [0.25, 0.3) is 0 Å². The Kier molecular flexibility index (Phi) is 4.53. The zero-order valence-corrected chi connectivity index (χ0v) is 12.2. The number of benzene rings is 1. The topological polar surface area (TPSA) is 83.1 Å². The molecule has 6 nitrogen and oxygen atoms in total. The number of hydrogen-bond acceptors (Lipinski definition) is 5. The summed E-state index contributed by atoms with van der Waals surface area (Å²) < 4.78 is 13.4. The maximum atomic E-state index is 13.4. The molecule has 0 unspecified atom stereocenters. The van der Waals surface area contributed by atoms with Crippen molar-refractivity contribution < 1.29 is 9.31 Å². The van der Waals surface area contributed by atoms with Gasteiger partial charge in [-0.1, -0.05) is 17.7 Å². The van der Waals surface area contributed by atoms with Gasteiger partial charge in [-0.3, -0.25) is 10.1 Å². The van der Waals surface area contributed by atoms with Gasteiger partial charge in [-0.25, -0.2) is 9.37 Å². The number of hydrogen-bond donors (Lipinski definition) is 0. The minimum absolute atomic E-state index is 0.00184. The van der Waals surface area contributed by atoms with E-state index in [0.717, 1.165) is 0 Å². The molecule has 0 N–H and O–H groups in total. The molecule has 0 spiro atoms. The van der Waals surface area contributed by atoms with Crippen LogP contribution in [0.1, 0.15) is 11.1 Å². The molecular formula is C14H10ClFN4O2. The predicted molar refractivity (Wildman–Crippen MR) is 79.1 cm³/mol. The Morgan fingerprint density at radius 1 is 1.50 bits per heavy atom. The number of nitro groups is 1. The van der Waals surface area contributed by atoms with Gasteiger partial charge in [0.2, 0.25) is 5.82 Å². The fraction of sp³-hybridized carbons (Fsp3) is 0.143. The smallest absolute Gasteiger partial charge is 0.329 e. The fourth-order valence-corrected chi connectivity index (χ4v) is 2.10. The van der Waals surface area contributed by atoms with E-state index in [1.165, 1.54) is 29.3 Å². The average Bonchev–Trinajstić information content (AvgIpc) is 2.49. The van der Waals surface area contributed by atoms with Crippen LogP contribution in [0, 0.1) is 27.3 Å². The van der Waals surface area contributed by atoms with Gasteiger partial charge in [0.25, 0.3) is 0 Å². The zero-order valence-electron chi connectivity index (χ0n) is 11.5. The molecular weight excluding hydrogens is 311 g/mol. The number of halogens is 2. The average molecular weight is 321 g/mol. The summed E-state index contributed by atoms with van der Waals surface area (Å²) in [4.78, 5) is 15.9. The van der Waals surface area contributed by atoms with Crippen molar-refractivity contribution in [3.05, 3.63) is 62.5 Å². The highest BCUT2D eigenvalue weighted by atomic mass is 35.5. The van der Waals surface area contributed by atoms with Crippen LogP contribution in [0.3, 0.4) is 0 Å². The molecule has 0 atom stereocenters. The van der Waals surface area contributed by atoms with Gasteiger partial charge >= 0.3 is 5.69 Å². The molecule has 0 aliphatic heterocycles. The molecule has 0 radical (unpaired) electrons. The quantitative estimate of drug-likeness (QED) is 0.637. The van der Waals surface area contributed by atoms with Crippen molar-refractivity contribution in [1.29, 1.82) is 5.26 Å². The third-order valence-corrected chi connectivity index (χ3v) is 3.28. The second-order valence-electron chi connectivity index (χ2n) is 4.50. The normalized spacial score (nSPS) is 10.1. The Balaban J connectivity index is 2.37. The van der Waals surface area contributed by atoms with Gasteiger partial charge in [-0.2, -0.15) is 5.26 Å². The van der Waals surface area contributed by atoms with Crippen molar-refractivity contribution in [2.45, 2.75) is 6.54 Å². The van der Waals surface area contributed by atoms with E-state index in [4.69, 9.17) is 16.9 Å². The largest absolute Gasteiger partial charge is 0.350 e. The lowest BCUT2D eigenvalue weighted by Crippen LogP contribution is -2.19. The summed E-state index contributed by atoms with van der Waals surface area (Å²) in [6, 6.07) is 7.31. The fourth-order valence-electron chi connectivity index (χ4n) is 1.98. The summed E-state index contributed by atoms with van der Waals surface area (Å²) in [5.41, 5.74) is 0.119. The van der Waals surface area contributed by atoms with Crippen LogP contribution in [0.5, 0.6) is 0 Å². The van der Waals surface area contributed by atoms with Gasteiger partial charge in [-0.05, 0) is 23.8 Å². The molecule has 0 aliphatic carbocycles. The first-order valence-corrected chi connectivity index (χ1v) is 6.50. The second-order valence-corrected chi connectivity index (χ2v) is 4.91. The van der Waals surface area contributed by atoms with Crippen molar-refractivity contribution in [3.8, 4) is 6.07 Å². The molecule has 0 saturated carbocycles. The number of nitriles is 1. The predicted octanol–water partition coefficient (Wildman–Crippen LogP) is 3.29. The zero-order chi connectivity index (χ0) is 16.3. The van der Waals surface area contributed by atoms with E-state index < -0.39 is 10.7 Å². The van der Waals surface area contributed by atoms with Crippen molar-refractivity contribution in [2.24, 2.45) is 0 Å². The van der Waals surface area contributed by atoms with Gasteiger partial charge in [0.05, 0.1) is 9.95 Å². The summed E-state index contributed by atoms with van der Waals surface area (Å²) in [5.74, 6) is -0.528. The van der Waals surface area contributed by atoms with Crippen LogP contribution in [-0.2, 0) is 6.54 Å². The molecule has 0 bridgehead atoms. The molecule has 0 saturated heterocycles. The molecule has 2 aromatic rings. The van der Waals surface area contributed by atoms with Crippen LogP contribution < -0.4 is 4.90 Å². The summed E-state index contributed by atoms with van der Waals surface area (Å²) in [6.45, 7) is 0.177. The lowest BCUT2D eigenvalue weighted by atomic mass is 10.2. The van der Waals surface area contributed by atoms with Gasteiger partial charge in [0, 0.05) is 19.8 Å². The number of anilines is 1. The molecule has 0 aliphatic rings. The van der Waals surface area contributed by atoms with E-state index in [-0.39, 0.29) is 28.6 Å². The van der Waals surface area contributed by atoms with E-state index in [9.17, 15) is 14.5 Å². The highest BCUT2D eigenvalue weighted by molar-refractivity contribution is 6.30. The molecule has 1 aromatic heterocycles. The van der Waals surface area contributed by atoms with Crippen LogP contribution in [0.2, 0.25) is 5.02 Å². The third-order valence-electron chi connectivity index (χ3n) is 2.97. The Labute approximate surface area is 130 Å². The number of aromatic nitrogens is 1. The van der Waals surface area contributed by atoms with Crippen molar-refractivity contribution in [1.82, 2.24) is 4.98 Å².